The predicted octanol–water partition coefficient (Wildman–Crippen LogP) is 2.89. The van der Waals surface area contributed by atoms with Crippen molar-refractivity contribution in [1.82, 2.24) is 4.90 Å². The highest BCUT2D eigenvalue weighted by molar-refractivity contribution is 9.10. The second-order valence-electron chi connectivity index (χ2n) is 5.37. The Balaban J connectivity index is 1.73. The summed E-state index contributed by atoms with van der Waals surface area (Å²) in [5.74, 6) is 1.56. The number of hydrogen-bond donors (Lipinski definition) is 1. The molecule has 1 aromatic rings. The van der Waals surface area contributed by atoms with Crippen molar-refractivity contribution in [2.45, 2.75) is 25.8 Å². The molecule has 0 bridgehead atoms. The van der Waals surface area contributed by atoms with Crippen molar-refractivity contribution >= 4 is 15.9 Å². The molecular formula is C15H23BrN2O. The van der Waals surface area contributed by atoms with Crippen LogP contribution >= 0.6 is 15.9 Å². The molecule has 106 valence electrons. The SMILES string of the molecule is CC(N)C1CCCN(CCOc2cccc(Br)c2)C1. The van der Waals surface area contributed by atoms with Crippen molar-refractivity contribution in [3.8, 4) is 5.75 Å². The Morgan fingerprint density at radius 3 is 3.11 bits per heavy atom. The van der Waals surface area contributed by atoms with Crippen molar-refractivity contribution in [1.29, 1.82) is 0 Å². The van der Waals surface area contributed by atoms with Gasteiger partial charge < -0.3 is 10.5 Å². The van der Waals surface area contributed by atoms with Gasteiger partial charge in [0.15, 0.2) is 0 Å². The van der Waals surface area contributed by atoms with Crippen LogP contribution in [0.4, 0.5) is 0 Å². The Morgan fingerprint density at radius 2 is 2.37 bits per heavy atom. The molecule has 2 rings (SSSR count). The van der Waals surface area contributed by atoms with E-state index in [2.05, 4.69) is 27.8 Å². The maximum absolute atomic E-state index is 6.00. The minimum atomic E-state index is 0.300. The molecule has 0 aromatic heterocycles. The molecule has 0 amide bonds. The highest BCUT2D eigenvalue weighted by Gasteiger charge is 2.22. The van der Waals surface area contributed by atoms with Crippen molar-refractivity contribution in [2.75, 3.05) is 26.2 Å². The van der Waals surface area contributed by atoms with E-state index in [-0.39, 0.29) is 0 Å². The summed E-state index contributed by atoms with van der Waals surface area (Å²) in [5.41, 5.74) is 6.00. The second kappa shape index (κ2) is 7.27. The van der Waals surface area contributed by atoms with E-state index in [4.69, 9.17) is 10.5 Å². The van der Waals surface area contributed by atoms with Crippen molar-refractivity contribution in [2.24, 2.45) is 11.7 Å². The van der Waals surface area contributed by atoms with Gasteiger partial charge in [-0.3, -0.25) is 4.90 Å². The zero-order valence-corrected chi connectivity index (χ0v) is 13.1. The maximum Gasteiger partial charge on any atom is 0.120 e. The van der Waals surface area contributed by atoms with Crippen LogP contribution in [0.15, 0.2) is 28.7 Å². The van der Waals surface area contributed by atoms with Gasteiger partial charge in [0.25, 0.3) is 0 Å². The first kappa shape index (κ1) is 14.8. The second-order valence-corrected chi connectivity index (χ2v) is 6.28. The Bertz CT molecular complexity index is 397. The minimum absolute atomic E-state index is 0.300. The molecule has 1 heterocycles. The number of nitrogens with zero attached hydrogens (tertiary/aromatic N) is 1. The molecule has 2 unspecified atom stereocenters. The Labute approximate surface area is 124 Å². The molecule has 1 aromatic carbocycles. The molecule has 1 fully saturated rings. The van der Waals surface area contributed by atoms with Gasteiger partial charge in [-0.15, -0.1) is 0 Å². The number of rotatable bonds is 5. The van der Waals surface area contributed by atoms with Crippen LogP contribution in [0.2, 0.25) is 0 Å². The molecule has 19 heavy (non-hydrogen) atoms. The van der Waals surface area contributed by atoms with Gasteiger partial charge in [-0.05, 0) is 50.4 Å². The number of ether oxygens (including phenoxy) is 1. The largest absolute Gasteiger partial charge is 0.492 e. The third-order valence-electron chi connectivity index (χ3n) is 3.76. The van der Waals surface area contributed by atoms with Gasteiger partial charge in [-0.1, -0.05) is 22.0 Å². The average Bonchev–Trinajstić information content (AvgIpc) is 2.39. The standard InChI is InChI=1S/C15H23BrN2O/c1-12(17)13-4-3-7-18(11-13)8-9-19-15-6-2-5-14(16)10-15/h2,5-6,10,12-13H,3-4,7-9,11,17H2,1H3. The fourth-order valence-corrected chi connectivity index (χ4v) is 2.95. The maximum atomic E-state index is 6.00. The number of halogens is 1. The molecule has 2 atom stereocenters. The van der Waals surface area contributed by atoms with Crippen LogP contribution in [0, 0.1) is 5.92 Å². The van der Waals surface area contributed by atoms with E-state index in [1.54, 1.807) is 0 Å². The molecule has 0 saturated carbocycles. The lowest BCUT2D eigenvalue weighted by Gasteiger charge is -2.34. The Hall–Kier alpha value is -0.580. The Kier molecular flexibility index (Phi) is 5.67. The highest BCUT2D eigenvalue weighted by atomic mass is 79.9. The first-order valence-corrected chi connectivity index (χ1v) is 7.81. The smallest absolute Gasteiger partial charge is 0.120 e. The zero-order valence-electron chi connectivity index (χ0n) is 11.5. The van der Waals surface area contributed by atoms with Crippen LogP contribution in [-0.4, -0.2) is 37.2 Å². The van der Waals surface area contributed by atoms with E-state index in [0.29, 0.717) is 12.0 Å². The van der Waals surface area contributed by atoms with E-state index in [1.807, 2.05) is 24.3 Å². The first-order chi connectivity index (χ1) is 9.15. The van der Waals surface area contributed by atoms with E-state index in [9.17, 15) is 0 Å². The summed E-state index contributed by atoms with van der Waals surface area (Å²) in [6.07, 6.45) is 2.52. The van der Waals surface area contributed by atoms with Crippen LogP contribution in [0.1, 0.15) is 19.8 Å². The number of benzene rings is 1. The van der Waals surface area contributed by atoms with Gasteiger partial charge in [0.1, 0.15) is 12.4 Å². The lowest BCUT2D eigenvalue weighted by atomic mass is 9.92. The molecule has 0 spiro atoms. The first-order valence-electron chi connectivity index (χ1n) is 7.01. The molecular weight excluding hydrogens is 304 g/mol. The van der Waals surface area contributed by atoms with E-state index < -0.39 is 0 Å². The number of piperidine rings is 1. The molecule has 1 aliphatic rings. The van der Waals surface area contributed by atoms with Gasteiger partial charge in [0.05, 0.1) is 0 Å². The van der Waals surface area contributed by atoms with Gasteiger partial charge in [0, 0.05) is 23.6 Å². The summed E-state index contributed by atoms with van der Waals surface area (Å²) in [6.45, 7) is 6.12. The minimum Gasteiger partial charge on any atom is -0.492 e. The summed E-state index contributed by atoms with van der Waals surface area (Å²) in [5, 5.41) is 0. The van der Waals surface area contributed by atoms with Crippen LogP contribution in [-0.2, 0) is 0 Å². The number of nitrogens with two attached hydrogens (primary N) is 1. The summed E-state index contributed by atoms with van der Waals surface area (Å²) >= 11 is 3.45. The van der Waals surface area contributed by atoms with E-state index in [0.717, 1.165) is 29.9 Å². The molecule has 2 N–H and O–H groups in total. The van der Waals surface area contributed by atoms with Crippen LogP contribution in [0.5, 0.6) is 5.75 Å². The highest BCUT2D eigenvalue weighted by Crippen LogP contribution is 2.20. The fraction of sp³-hybridized carbons (Fsp3) is 0.600. The van der Waals surface area contributed by atoms with E-state index in [1.165, 1.54) is 19.4 Å². The van der Waals surface area contributed by atoms with Gasteiger partial charge in [-0.25, -0.2) is 0 Å². The number of hydrogen-bond acceptors (Lipinski definition) is 3. The molecule has 3 nitrogen and oxygen atoms in total. The van der Waals surface area contributed by atoms with Gasteiger partial charge in [-0.2, -0.15) is 0 Å². The quantitative estimate of drug-likeness (QED) is 0.904. The molecule has 0 aliphatic carbocycles. The third kappa shape index (κ3) is 4.79. The lowest BCUT2D eigenvalue weighted by Crippen LogP contribution is -2.43. The van der Waals surface area contributed by atoms with Crippen molar-refractivity contribution < 1.29 is 4.74 Å². The lowest BCUT2D eigenvalue weighted by molar-refractivity contribution is 0.137. The summed E-state index contributed by atoms with van der Waals surface area (Å²) < 4.78 is 6.84. The van der Waals surface area contributed by atoms with Gasteiger partial charge in [0.2, 0.25) is 0 Å². The van der Waals surface area contributed by atoms with Crippen LogP contribution < -0.4 is 10.5 Å². The average molecular weight is 327 g/mol. The van der Waals surface area contributed by atoms with Gasteiger partial charge >= 0.3 is 0 Å². The molecule has 4 heteroatoms. The molecule has 1 saturated heterocycles. The Morgan fingerprint density at radius 1 is 1.53 bits per heavy atom. The van der Waals surface area contributed by atoms with Crippen LogP contribution in [0.3, 0.4) is 0 Å². The molecule has 1 aliphatic heterocycles. The summed E-state index contributed by atoms with van der Waals surface area (Å²) in [7, 11) is 0. The number of likely N-dealkylation sites (tertiary alicyclic amines) is 1. The summed E-state index contributed by atoms with van der Waals surface area (Å²) in [6, 6.07) is 8.29. The van der Waals surface area contributed by atoms with Crippen molar-refractivity contribution in [3.63, 3.8) is 0 Å². The fourth-order valence-electron chi connectivity index (χ4n) is 2.57. The predicted molar refractivity (Wildman–Crippen MR) is 82.5 cm³/mol. The monoisotopic (exact) mass is 326 g/mol. The zero-order chi connectivity index (χ0) is 13.7. The molecule has 0 radical (unpaired) electrons. The van der Waals surface area contributed by atoms with E-state index >= 15 is 0 Å². The van der Waals surface area contributed by atoms with Crippen molar-refractivity contribution in [3.05, 3.63) is 28.7 Å². The topological polar surface area (TPSA) is 38.5 Å². The normalized spacial score (nSPS) is 22.2. The third-order valence-corrected chi connectivity index (χ3v) is 4.25. The van der Waals surface area contributed by atoms with Crippen LogP contribution in [0.25, 0.3) is 0 Å². The summed E-state index contributed by atoms with van der Waals surface area (Å²) in [4.78, 5) is 2.47.